The van der Waals surface area contributed by atoms with Gasteiger partial charge in [-0.25, -0.2) is 0 Å². The van der Waals surface area contributed by atoms with Crippen LogP contribution < -0.4 is 0 Å². The molecule has 94 valence electrons. The van der Waals surface area contributed by atoms with Gasteiger partial charge >= 0.3 is 0 Å². The molecule has 1 nitrogen and oxygen atoms in total. The highest BCUT2D eigenvalue weighted by atomic mass is 35.5. The fourth-order valence-corrected chi connectivity index (χ4v) is 3.50. The second-order valence-electron chi connectivity index (χ2n) is 6.16. The van der Waals surface area contributed by atoms with Gasteiger partial charge in [-0.1, -0.05) is 26.7 Å². The van der Waals surface area contributed by atoms with Crippen LogP contribution in [0.4, 0.5) is 0 Å². The minimum Gasteiger partial charge on any atom is -0.377 e. The van der Waals surface area contributed by atoms with E-state index in [-0.39, 0.29) is 0 Å². The highest BCUT2D eigenvalue weighted by Gasteiger charge is 2.49. The van der Waals surface area contributed by atoms with E-state index in [0.717, 1.165) is 24.3 Å². The molecule has 2 atom stereocenters. The van der Waals surface area contributed by atoms with Crippen LogP contribution >= 0.6 is 11.6 Å². The van der Waals surface area contributed by atoms with Crippen molar-refractivity contribution in [3.05, 3.63) is 0 Å². The van der Waals surface area contributed by atoms with Gasteiger partial charge in [-0.3, -0.25) is 0 Å². The number of halogens is 1. The fraction of sp³-hybridized carbons (Fsp3) is 1.00. The van der Waals surface area contributed by atoms with Crippen LogP contribution in [-0.4, -0.2) is 18.6 Å². The first-order chi connectivity index (χ1) is 7.68. The molecule has 1 aliphatic heterocycles. The van der Waals surface area contributed by atoms with E-state index in [1.54, 1.807) is 0 Å². The van der Waals surface area contributed by atoms with Crippen LogP contribution in [0.3, 0.4) is 0 Å². The van der Waals surface area contributed by atoms with Crippen LogP contribution in [0.5, 0.6) is 0 Å². The average Bonchev–Trinajstić information content (AvgIpc) is 3.00. The van der Waals surface area contributed by atoms with E-state index in [1.165, 1.54) is 38.5 Å². The zero-order valence-corrected chi connectivity index (χ0v) is 11.4. The summed E-state index contributed by atoms with van der Waals surface area (Å²) < 4.78 is 5.96. The monoisotopic (exact) mass is 244 g/mol. The van der Waals surface area contributed by atoms with Gasteiger partial charge in [-0.05, 0) is 37.5 Å². The maximum Gasteiger partial charge on any atom is 0.0671 e. The van der Waals surface area contributed by atoms with Crippen LogP contribution in [0.1, 0.15) is 52.4 Å². The molecule has 2 aliphatic rings. The van der Waals surface area contributed by atoms with Gasteiger partial charge in [0, 0.05) is 17.9 Å². The summed E-state index contributed by atoms with van der Waals surface area (Å²) in [7, 11) is 0. The lowest BCUT2D eigenvalue weighted by Gasteiger charge is -2.32. The number of hydrogen-bond donors (Lipinski definition) is 0. The zero-order valence-electron chi connectivity index (χ0n) is 10.7. The third-order valence-corrected chi connectivity index (χ3v) is 4.81. The Hall–Kier alpha value is 0.250. The van der Waals surface area contributed by atoms with Crippen molar-refractivity contribution in [1.82, 2.24) is 0 Å². The number of alkyl halides is 1. The second-order valence-corrected chi connectivity index (χ2v) is 6.43. The molecule has 0 radical (unpaired) electrons. The Kier molecular flexibility index (Phi) is 4.18. The topological polar surface area (TPSA) is 9.23 Å². The molecule has 1 aliphatic carbocycles. The third kappa shape index (κ3) is 2.73. The third-order valence-electron chi connectivity index (χ3n) is 4.27. The fourth-order valence-electron chi connectivity index (χ4n) is 3.08. The Morgan fingerprint density at radius 3 is 2.69 bits per heavy atom. The molecule has 2 fully saturated rings. The van der Waals surface area contributed by atoms with Gasteiger partial charge < -0.3 is 4.74 Å². The van der Waals surface area contributed by atoms with Crippen LogP contribution in [0.25, 0.3) is 0 Å². The van der Waals surface area contributed by atoms with Crippen molar-refractivity contribution in [3.8, 4) is 0 Å². The van der Waals surface area contributed by atoms with E-state index in [1.807, 2.05) is 0 Å². The van der Waals surface area contributed by atoms with E-state index in [0.29, 0.717) is 11.5 Å². The Balaban J connectivity index is 1.89. The van der Waals surface area contributed by atoms with Gasteiger partial charge in [0.05, 0.1) is 6.10 Å². The van der Waals surface area contributed by atoms with E-state index in [2.05, 4.69) is 13.8 Å². The lowest BCUT2D eigenvalue weighted by molar-refractivity contribution is 0.0352. The lowest BCUT2D eigenvalue weighted by Crippen LogP contribution is -2.34. The largest absolute Gasteiger partial charge is 0.377 e. The maximum absolute atomic E-state index is 6.27. The molecule has 16 heavy (non-hydrogen) atoms. The normalized spacial score (nSPS) is 34.9. The average molecular weight is 245 g/mol. The Morgan fingerprint density at radius 2 is 2.12 bits per heavy atom. The minimum atomic E-state index is 0.317. The van der Waals surface area contributed by atoms with Gasteiger partial charge in [0.25, 0.3) is 0 Å². The molecule has 0 aromatic heterocycles. The molecule has 0 N–H and O–H groups in total. The Bertz CT molecular complexity index is 225. The van der Waals surface area contributed by atoms with Gasteiger partial charge in [-0.2, -0.15) is 0 Å². The van der Waals surface area contributed by atoms with Crippen LogP contribution in [-0.2, 0) is 4.74 Å². The summed E-state index contributed by atoms with van der Waals surface area (Å²) >= 11 is 6.27. The molecule has 1 heterocycles. The van der Waals surface area contributed by atoms with E-state index >= 15 is 0 Å². The zero-order chi connectivity index (χ0) is 11.6. The summed E-state index contributed by atoms with van der Waals surface area (Å²) in [4.78, 5) is 0. The maximum atomic E-state index is 6.27. The molecule has 0 spiro atoms. The van der Waals surface area contributed by atoms with E-state index in [9.17, 15) is 0 Å². The van der Waals surface area contributed by atoms with Crippen LogP contribution in [0, 0.1) is 17.3 Å². The predicted molar refractivity (Wildman–Crippen MR) is 68.9 cm³/mol. The van der Waals surface area contributed by atoms with Gasteiger partial charge in [0.15, 0.2) is 0 Å². The molecular formula is C14H25ClO. The molecule has 1 saturated carbocycles. The molecule has 2 unspecified atom stereocenters. The molecule has 0 amide bonds. The van der Waals surface area contributed by atoms with Gasteiger partial charge in [0.2, 0.25) is 0 Å². The van der Waals surface area contributed by atoms with Crippen molar-refractivity contribution in [2.75, 3.05) is 12.5 Å². The van der Waals surface area contributed by atoms with Crippen molar-refractivity contribution < 1.29 is 4.74 Å². The summed E-state index contributed by atoms with van der Waals surface area (Å²) in [6, 6.07) is 0. The first-order valence-corrected chi connectivity index (χ1v) is 7.39. The summed E-state index contributed by atoms with van der Waals surface area (Å²) in [5.41, 5.74) is 0.317. The summed E-state index contributed by atoms with van der Waals surface area (Å²) in [6.45, 7) is 5.54. The first-order valence-electron chi connectivity index (χ1n) is 6.85. The van der Waals surface area contributed by atoms with Crippen LogP contribution in [0.2, 0.25) is 0 Å². The quantitative estimate of drug-likeness (QED) is 0.635. The minimum absolute atomic E-state index is 0.317. The first kappa shape index (κ1) is 12.7. The number of hydrogen-bond acceptors (Lipinski definition) is 1. The summed E-state index contributed by atoms with van der Waals surface area (Å²) in [5, 5.41) is 0. The number of rotatable bonds is 6. The van der Waals surface area contributed by atoms with Gasteiger partial charge in [0.1, 0.15) is 0 Å². The van der Waals surface area contributed by atoms with E-state index < -0.39 is 0 Å². The molecule has 0 aromatic rings. The molecular weight excluding hydrogens is 220 g/mol. The summed E-state index contributed by atoms with van der Waals surface area (Å²) in [6.07, 6.45) is 8.33. The van der Waals surface area contributed by atoms with Crippen molar-refractivity contribution in [2.24, 2.45) is 17.3 Å². The summed E-state index contributed by atoms with van der Waals surface area (Å²) in [5.74, 6) is 2.45. The molecule has 1 saturated heterocycles. The smallest absolute Gasteiger partial charge is 0.0671 e. The van der Waals surface area contributed by atoms with Crippen molar-refractivity contribution in [1.29, 1.82) is 0 Å². The second kappa shape index (κ2) is 5.27. The molecule has 2 rings (SSSR count). The lowest BCUT2D eigenvalue weighted by atomic mass is 9.76. The van der Waals surface area contributed by atoms with Gasteiger partial charge in [-0.15, -0.1) is 11.6 Å². The Labute approximate surface area is 105 Å². The van der Waals surface area contributed by atoms with Crippen molar-refractivity contribution in [3.63, 3.8) is 0 Å². The molecule has 0 aromatic carbocycles. The van der Waals surface area contributed by atoms with Crippen LogP contribution in [0.15, 0.2) is 0 Å². The highest BCUT2D eigenvalue weighted by Crippen LogP contribution is 2.50. The standard InChI is InChI=1S/C14H25ClO/c1-11(2)4-3-7-14(10-15)8-9-16-13(14)12-5-6-12/h11-13H,3-10H2,1-2H3. The molecule has 2 heteroatoms. The Morgan fingerprint density at radius 1 is 1.38 bits per heavy atom. The predicted octanol–water partition coefficient (Wildman–Crippen LogP) is 4.24. The molecule has 0 bridgehead atoms. The van der Waals surface area contributed by atoms with Crippen molar-refractivity contribution >= 4 is 11.6 Å². The SMILES string of the molecule is CC(C)CCCC1(CCl)CCOC1C1CC1. The number of ether oxygens (including phenoxy) is 1. The highest BCUT2D eigenvalue weighted by molar-refractivity contribution is 6.18. The van der Waals surface area contributed by atoms with Crippen molar-refractivity contribution in [2.45, 2.75) is 58.5 Å². The van der Waals surface area contributed by atoms with E-state index in [4.69, 9.17) is 16.3 Å².